The fourth-order valence-corrected chi connectivity index (χ4v) is 1.36. The summed E-state index contributed by atoms with van der Waals surface area (Å²) < 4.78 is 9.87. The first-order chi connectivity index (χ1) is 7.29. The number of esters is 1. The molecule has 1 aliphatic rings. The Kier molecular flexibility index (Phi) is 2.69. The van der Waals surface area contributed by atoms with Crippen molar-refractivity contribution in [1.82, 2.24) is 0 Å². The molecular weight excluding hydrogens is 194 g/mol. The molecule has 2 rings (SSSR count). The molecule has 1 aromatic rings. The van der Waals surface area contributed by atoms with E-state index in [9.17, 15) is 4.79 Å². The summed E-state index contributed by atoms with van der Waals surface area (Å²) in [4.78, 5) is 11.0. The van der Waals surface area contributed by atoms with Gasteiger partial charge in [-0.15, -0.1) is 0 Å². The number of carbonyl (C=O) groups excluding carboxylic acids is 1. The Morgan fingerprint density at radius 2 is 2.07 bits per heavy atom. The fraction of sp³-hybridized carbons (Fsp3) is 0.182. The van der Waals surface area contributed by atoms with Crippen LogP contribution in [0.25, 0.3) is 0 Å². The van der Waals surface area contributed by atoms with Crippen LogP contribution < -0.4 is 5.32 Å². The molecule has 0 bridgehead atoms. The molecule has 1 unspecified atom stereocenters. The van der Waals surface area contributed by atoms with Crippen LogP contribution in [0.4, 0.5) is 5.69 Å². The number of anilines is 1. The second kappa shape index (κ2) is 4.14. The Morgan fingerprint density at radius 3 is 2.73 bits per heavy atom. The predicted molar refractivity (Wildman–Crippen MR) is 55.0 cm³/mol. The van der Waals surface area contributed by atoms with Gasteiger partial charge in [0, 0.05) is 18.9 Å². The SMILES string of the molecule is COC1OC(=O)C=C1Nc1ccccc1. The average molecular weight is 205 g/mol. The standard InChI is InChI=1S/C11H11NO3/c1-14-11-9(7-10(13)15-11)12-8-5-3-2-4-6-8/h2-7,11-12H,1H3. The van der Waals surface area contributed by atoms with Gasteiger partial charge in [0.25, 0.3) is 0 Å². The van der Waals surface area contributed by atoms with E-state index >= 15 is 0 Å². The normalized spacial score (nSPS) is 19.7. The highest BCUT2D eigenvalue weighted by Crippen LogP contribution is 2.18. The van der Waals surface area contributed by atoms with E-state index in [0.29, 0.717) is 5.70 Å². The molecule has 4 nitrogen and oxygen atoms in total. The molecule has 0 spiro atoms. The highest BCUT2D eigenvalue weighted by molar-refractivity contribution is 5.86. The lowest BCUT2D eigenvalue weighted by molar-refractivity contribution is -0.155. The minimum Gasteiger partial charge on any atom is -0.426 e. The number of carbonyl (C=O) groups is 1. The van der Waals surface area contributed by atoms with Gasteiger partial charge >= 0.3 is 5.97 Å². The smallest absolute Gasteiger partial charge is 0.335 e. The summed E-state index contributed by atoms with van der Waals surface area (Å²) in [6, 6.07) is 9.53. The molecule has 1 N–H and O–H groups in total. The number of rotatable bonds is 3. The van der Waals surface area contributed by atoms with Gasteiger partial charge in [-0.25, -0.2) is 4.79 Å². The van der Waals surface area contributed by atoms with Crippen LogP contribution in [0.15, 0.2) is 42.1 Å². The monoisotopic (exact) mass is 205 g/mol. The number of nitrogens with one attached hydrogen (secondary N) is 1. The molecule has 1 aromatic carbocycles. The maximum absolute atomic E-state index is 11.0. The molecule has 0 saturated heterocycles. The minimum atomic E-state index is -0.627. The zero-order chi connectivity index (χ0) is 10.7. The van der Waals surface area contributed by atoms with Crippen molar-refractivity contribution in [2.24, 2.45) is 0 Å². The molecule has 0 saturated carbocycles. The van der Waals surface area contributed by atoms with Crippen LogP contribution >= 0.6 is 0 Å². The van der Waals surface area contributed by atoms with Crippen molar-refractivity contribution in [3.05, 3.63) is 42.1 Å². The maximum Gasteiger partial charge on any atom is 0.335 e. The molecule has 0 radical (unpaired) electrons. The molecule has 1 atom stereocenters. The van der Waals surface area contributed by atoms with E-state index in [1.807, 2.05) is 30.3 Å². The predicted octanol–water partition coefficient (Wildman–Crippen LogP) is 1.51. The van der Waals surface area contributed by atoms with E-state index in [-0.39, 0.29) is 5.97 Å². The van der Waals surface area contributed by atoms with E-state index in [1.54, 1.807) is 0 Å². The summed E-state index contributed by atoms with van der Waals surface area (Å²) in [6.07, 6.45) is 0.763. The number of benzene rings is 1. The maximum atomic E-state index is 11.0. The number of cyclic esters (lactones) is 1. The summed E-state index contributed by atoms with van der Waals surface area (Å²) in [5.74, 6) is -0.389. The van der Waals surface area contributed by atoms with E-state index in [2.05, 4.69) is 5.32 Å². The van der Waals surface area contributed by atoms with Crippen molar-refractivity contribution in [2.75, 3.05) is 12.4 Å². The third-order valence-corrected chi connectivity index (χ3v) is 2.03. The summed E-state index contributed by atoms with van der Waals surface area (Å²) in [6.45, 7) is 0. The summed E-state index contributed by atoms with van der Waals surface area (Å²) >= 11 is 0. The van der Waals surface area contributed by atoms with E-state index in [4.69, 9.17) is 9.47 Å². The molecule has 1 heterocycles. The zero-order valence-corrected chi connectivity index (χ0v) is 8.27. The van der Waals surface area contributed by atoms with Crippen molar-refractivity contribution in [3.8, 4) is 0 Å². The quantitative estimate of drug-likeness (QED) is 0.760. The van der Waals surface area contributed by atoms with Gasteiger partial charge in [-0.2, -0.15) is 0 Å². The van der Waals surface area contributed by atoms with E-state index in [1.165, 1.54) is 13.2 Å². The Bertz CT molecular complexity index is 386. The lowest BCUT2D eigenvalue weighted by Gasteiger charge is -2.13. The Balaban J connectivity index is 2.12. The molecule has 0 aromatic heterocycles. The Hall–Kier alpha value is -1.81. The lowest BCUT2D eigenvalue weighted by atomic mass is 10.3. The molecule has 0 fully saturated rings. The Morgan fingerprint density at radius 1 is 1.33 bits per heavy atom. The van der Waals surface area contributed by atoms with Crippen LogP contribution in [0.1, 0.15) is 0 Å². The molecule has 1 aliphatic heterocycles. The first-order valence-electron chi connectivity index (χ1n) is 4.56. The van der Waals surface area contributed by atoms with Crippen molar-refractivity contribution in [1.29, 1.82) is 0 Å². The number of para-hydroxylation sites is 1. The number of hydrogen-bond acceptors (Lipinski definition) is 4. The van der Waals surface area contributed by atoms with Gasteiger partial charge in [-0.3, -0.25) is 0 Å². The van der Waals surface area contributed by atoms with Crippen LogP contribution in [-0.2, 0) is 14.3 Å². The van der Waals surface area contributed by atoms with Crippen LogP contribution in [-0.4, -0.2) is 19.4 Å². The molecular formula is C11H11NO3. The van der Waals surface area contributed by atoms with Crippen molar-refractivity contribution in [3.63, 3.8) is 0 Å². The lowest BCUT2D eigenvalue weighted by Crippen LogP contribution is -2.18. The van der Waals surface area contributed by atoms with Crippen molar-refractivity contribution < 1.29 is 14.3 Å². The topological polar surface area (TPSA) is 47.6 Å². The van der Waals surface area contributed by atoms with Crippen LogP contribution in [0.3, 0.4) is 0 Å². The zero-order valence-electron chi connectivity index (χ0n) is 8.27. The van der Waals surface area contributed by atoms with Gasteiger partial charge in [-0.05, 0) is 12.1 Å². The van der Waals surface area contributed by atoms with Crippen molar-refractivity contribution >= 4 is 11.7 Å². The third-order valence-electron chi connectivity index (χ3n) is 2.03. The molecule has 0 aliphatic carbocycles. The van der Waals surface area contributed by atoms with Crippen molar-refractivity contribution in [2.45, 2.75) is 6.29 Å². The van der Waals surface area contributed by atoms with Crippen LogP contribution in [0.2, 0.25) is 0 Å². The van der Waals surface area contributed by atoms with Gasteiger partial charge in [0.05, 0.1) is 5.70 Å². The highest BCUT2D eigenvalue weighted by atomic mass is 16.7. The first-order valence-corrected chi connectivity index (χ1v) is 4.56. The molecule has 0 amide bonds. The van der Waals surface area contributed by atoms with Gasteiger partial charge in [-0.1, -0.05) is 18.2 Å². The second-order valence-corrected chi connectivity index (χ2v) is 3.10. The van der Waals surface area contributed by atoms with Crippen LogP contribution in [0, 0.1) is 0 Å². The van der Waals surface area contributed by atoms with Gasteiger partial charge in [0.2, 0.25) is 6.29 Å². The van der Waals surface area contributed by atoms with E-state index < -0.39 is 6.29 Å². The Labute approximate surface area is 87.5 Å². The summed E-state index contributed by atoms with van der Waals surface area (Å²) in [5.41, 5.74) is 1.51. The van der Waals surface area contributed by atoms with E-state index in [0.717, 1.165) is 5.69 Å². The highest BCUT2D eigenvalue weighted by Gasteiger charge is 2.25. The fourth-order valence-electron chi connectivity index (χ4n) is 1.36. The summed E-state index contributed by atoms with van der Waals surface area (Å²) in [7, 11) is 1.49. The average Bonchev–Trinajstić information content (AvgIpc) is 2.60. The second-order valence-electron chi connectivity index (χ2n) is 3.10. The van der Waals surface area contributed by atoms with Gasteiger partial charge in [0.1, 0.15) is 0 Å². The first kappa shape index (κ1) is 9.73. The number of methoxy groups -OCH3 is 1. The minimum absolute atomic E-state index is 0.389. The van der Waals surface area contributed by atoms with Crippen LogP contribution in [0.5, 0.6) is 0 Å². The molecule has 15 heavy (non-hydrogen) atoms. The number of hydrogen-bond donors (Lipinski definition) is 1. The summed E-state index contributed by atoms with van der Waals surface area (Å²) in [5, 5.41) is 3.06. The largest absolute Gasteiger partial charge is 0.426 e. The molecule has 4 heteroatoms. The van der Waals surface area contributed by atoms with Gasteiger partial charge < -0.3 is 14.8 Å². The molecule has 78 valence electrons. The number of ether oxygens (including phenoxy) is 2. The third kappa shape index (κ3) is 2.16. The van der Waals surface area contributed by atoms with Gasteiger partial charge in [0.15, 0.2) is 0 Å².